The highest BCUT2D eigenvalue weighted by molar-refractivity contribution is 5.39. The Bertz CT molecular complexity index is 1640. The van der Waals surface area contributed by atoms with Crippen molar-refractivity contribution in [1.82, 2.24) is 21.3 Å². The molecule has 13 nitrogen and oxygen atoms in total. The first kappa shape index (κ1) is 32.9. The van der Waals surface area contributed by atoms with Crippen LogP contribution in [0.3, 0.4) is 0 Å². The van der Waals surface area contributed by atoms with Gasteiger partial charge in [-0.2, -0.15) is 0 Å². The number of rotatable bonds is 6. The van der Waals surface area contributed by atoms with E-state index in [0.717, 1.165) is 68.1 Å². The van der Waals surface area contributed by atoms with E-state index < -0.39 is 0 Å². The highest BCUT2D eigenvalue weighted by atomic mass is 16.6. The summed E-state index contributed by atoms with van der Waals surface area (Å²) in [7, 11) is 0. The molecule has 10 unspecified atom stereocenters. The van der Waals surface area contributed by atoms with Crippen molar-refractivity contribution in [1.29, 1.82) is 0 Å². The quantitative estimate of drug-likeness (QED) is 0.190. The minimum Gasteiger partial charge on any atom is -0.310 e. The van der Waals surface area contributed by atoms with Crippen molar-refractivity contribution < 1.29 is 14.8 Å². The fourth-order valence-electron chi connectivity index (χ4n) is 10.2. The molecule has 3 aromatic carbocycles. The van der Waals surface area contributed by atoms with Gasteiger partial charge in [-0.25, -0.2) is 0 Å². The van der Waals surface area contributed by atoms with Crippen LogP contribution in [0.1, 0.15) is 85.8 Å². The number of fused-ring (bicyclic) bond motifs is 9. The molecular formula is C37H43N7O6. The highest BCUT2D eigenvalue weighted by Gasteiger charge is 2.48. The molecule has 50 heavy (non-hydrogen) atoms. The maximum Gasteiger partial charge on any atom is 0.269 e. The second-order valence-electron chi connectivity index (χ2n) is 15.0. The number of hydrogen-bond donors (Lipinski definition) is 4. The van der Waals surface area contributed by atoms with Gasteiger partial charge in [0.2, 0.25) is 0 Å². The molecule has 3 aromatic rings. The summed E-state index contributed by atoms with van der Waals surface area (Å²) in [6.07, 6.45) is 7.84. The SMILES string of the molecule is O=[N+]([O-])c1ccc(C2C3CCC(N3)C3CCC(N3)C(c3ccc([N+](=O)[O-])cc3)C3CCC(N3)C(c3ccc([N+](=O)[O-])cc3)C3CCC2N3)cc1. The average molecular weight is 682 g/mol. The smallest absolute Gasteiger partial charge is 0.269 e. The van der Waals surface area contributed by atoms with Crippen molar-refractivity contribution in [3.05, 3.63) is 120 Å². The van der Waals surface area contributed by atoms with Crippen molar-refractivity contribution in [2.75, 3.05) is 0 Å². The third kappa shape index (κ3) is 6.16. The van der Waals surface area contributed by atoms with Gasteiger partial charge in [-0.15, -0.1) is 0 Å². The van der Waals surface area contributed by atoms with Gasteiger partial charge in [0.1, 0.15) is 0 Å². The van der Waals surface area contributed by atoms with Crippen LogP contribution in [0.2, 0.25) is 0 Å². The number of nitrogens with zero attached hydrogens (tertiary/aromatic N) is 3. The van der Waals surface area contributed by atoms with Gasteiger partial charge in [0.15, 0.2) is 0 Å². The second-order valence-corrected chi connectivity index (χ2v) is 15.0. The van der Waals surface area contributed by atoms with Gasteiger partial charge in [-0.05, 0) is 68.1 Å². The van der Waals surface area contributed by atoms with Crippen LogP contribution in [0, 0.1) is 30.3 Å². The molecule has 0 aromatic heterocycles. The van der Waals surface area contributed by atoms with Crippen LogP contribution < -0.4 is 21.3 Å². The summed E-state index contributed by atoms with van der Waals surface area (Å²) in [4.78, 5) is 33.5. The van der Waals surface area contributed by atoms with Crippen molar-refractivity contribution in [2.45, 2.75) is 117 Å². The Kier molecular flexibility index (Phi) is 8.84. The molecule has 0 aliphatic carbocycles. The fraction of sp³-hybridized carbons (Fsp3) is 0.514. The largest absolute Gasteiger partial charge is 0.310 e. The first-order valence-corrected chi connectivity index (χ1v) is 18.0. The van der Waals surface area contributed by atoms with Gasteiger partial charge in [0.05, 0.1) is 14.8 Å². The standard InChI is InChI=1S/C37H43N7O6/c45-42(46)24-7-1-21(2-8-24)35-29-15-13-27(38-29)28-14-16-30(39-28)36(22-3-9-25(10-4-22)43(47)48)32-18-20-34(41-32)37(33-19-17-31(35)40-33)23-5-11-26(12-6-23)44(49)50/h1-12,27-41H,13-20H2. The zero-order chi connectivity index (χ0) is 34.5. The molecular weight excluding hydrogens is 638 g/mol. The number of nitro benzene ring substituents is 3. The van der Waals surface area contributed by atoms with Crippen LogP contribution in [0.5, 0.6) is 0 Å². The Morgan fingerprint density at radius 1 is 0.360 bits per heavy atom. The van der Waals surface area contributed by atoms with E-state index in [9.17, 15) is 30.3 Å². The van der Waals surface area contributed by atoms with E-state index >= 15 is 0 Å². The molecule has 0 amide bonds. The summed E-state index contributed by atoms with van der Waals surface area (Å²) in [6.45, 7) is 0. The minimum absolute atomic E-state index is 0.0551. The molecule has 4 N–H and O–H groups in total. The average Bonchev–Trinajstić information content (AvgIpc) is 3.95. The van der Waals surface area contributed by atoms with E-state index in [1.807, 2.05) is 36.4 Å². The maximum atomic E-state index is 11.6. The van der Waals surface area contributed by atoms with Gasteiger partial charge in [-0.1, -0.05) is 36.4 Å². The van der Waals surface area contributed by atoms with Crippen LogP contribution in [0.25, 0.3) is 0 Å². The van der Waals surface area contributed by atoms with Crippen molar-refractivity contribution >= 4 is 17.1 Å². The predicted octanol–water partition coefficient (Wildman–Crippen LogP) is 5.56. The Morgan fingerprint density at radius 2 is 0.560 bits per heavy atom. The van der Waals surface area contributed by atoms with E-state index in [2.05, 4.69) is 21.3 Å². The third-order valence-electron chi connectivity index (χ3n) is 12.4. The fourth-order valence-corrected chi connectivity index (χ4v) is 10.2. The summed E-state index contributed by atoms with van der Waals surface area (Å²) >= 11 is 0. The Morgan fingerprint density at radius 3 is 0.780 bits per heavy atom. The van der Waals surface area contributed by atoms with Crippen molar-refractivity contribution in [3.63, 3.8) is 0 Å². The van der Waals surface area contributed by atoms with Crippen molar-refractivity contribution in [3.8, 4) is 0 Å². The van der Waals surface area contributed by atoms with Gasteiger partial charge in [0, 0.05) is 102 Å². The third-order valence-corrected chi connectivity index (χ3v) is 12.4. The number of nitrogens with one attached hydrogen (secondary N) is 4. The van der Waals surface area contributed by atoms with Crippen LogP contribution in [0.4, 0.5) is 17.1 Å². The molecule has 5 fully saturated rings. The van der Waals surface area contributed by atoms with Gasteiger partial charge < -0.3 is 21.3 Å². The molecule has 0 saturated carbocycles. The van der Waals surface area contributed by atoms with Crippen LogP contribution in [0.15, 0.2) is 72.8 Å². The minimum atomic E-state index is -0.360. The number of non-ortho nitro benzene ring substituents is 3. The lowest BCUT2D eigenvalue weighted by Crippen LogP contribution is -2.50. The molecule has 5 saturated heterocycles. The lowest BCUT2D eigenvalue weighted by molar-refractivity contribution is -0.385. The lowest BCUT2D eigenvalue weighted by atomic mass is 9.83. The van der Waals surface area contributed by atoms with E-state index in [0.29, 0.717) is 12.1 Å². The normalized spacial score (nSPS) is 34.9. The number of benzene rings is 3. The van der Waals surface area contributed by atoms with E-state index in [1.165, 1.54) is 0 Å². The summed E-state index contributed by atoms with van der Waals surface area (Å²) in [5.41, 5.74) is 3.50. The molecule has 5 aliphatic rings. The Hall–Kier alpha value is -4.30. The molecule has 262 valence electrons. The maximum absolute atomic E-state index is 11.6. The molecule has 10 atom stereocenters. The van der Waals surface area contributed by atoms with Gasteiger partial charge in [-0.3, -0.25) is 30.3 Å². The van der Waals surface area contributed by atoms with Gasteiger partial charge >= 0.3 is 0 Å². The van der Waals surface area contributed by atoms with E-state index in [-0.39, 0.29) is 85.8 Å². The zero-order valence-electron chi connectivity index (χ0n) is 27.7. The van der Waals surface area contributed by atoms with Crippen LogP contribution in [-0.4, -0.2) is 63.1 Å². The highest BCUT2D eigenvalue weighted by Crippen LogP contribution is 2.44. The first-order chi connectivity index (χ1) is 24.2. The predicted molar refractivity (Wildman–Crippen MR) is 187 cm³/mol. The Balaban J connectivity index is 1.18. The van der Waals surface area contributed by atoms with Crippen LogP contribution in [-0.2, 0) is 0 Å². The summed E-state index contributed by atoms with van der Waals surface area (Å²) < 4.78 is 0. The van der Waals surface area contributed by atoms with Crippen molar-refractivity contribution in [2.24, 2.45) is 0 Å². The van der Waals surface area contributed by atoms with Gasteiger partial charge in [0.25, 0.3) is 17.1 Å². The first-order valence-electron chi connectivity index (χ1n) is 18.0. The molecule has 0 radical (unpaired) electrons. The Labute approximate surface area is 290 Å². The number of hydrogen-bond acceptors (Lipinski definition) is 10. The molecule has 5 aliphatic heterocycles. The molecule has 0 spiro atoms. The van der Waals surface area contributed by atoms with Crippen LogP contribution >= 0.6 is 0 Å². The summed E-state index contributed by atoms with van der Waals surface area (Å²) in [5, 5.41) is 50.8. The molecule has 13 heteroatoms. The monoisotopic (exact) mass is 681 g/mol. The summed E-state index contributed by atoms with van der Waals surface area (Å²) in [6, 6.07) is 22.7. The molecule has 8 rings (SSSR count). The second kappa shape index (κ2) is 13.4. The van der Waals surface area contributed by atoms with E-state index in [4.69, 9.17) is 0 Å². The summed E-state index contributed by atoms with van der Waals surface area (Å²) in [5.74, 6) is 0.282. The van der Waals surface area contributed by atoms with E-state index in [1.54, 1.807) is 36.4 Å². The topological polar surface area (TPSA) is 178 Å². The molecule has 5 heterocycles. The number of nitro groups is 3. The molecule has 8 bridgehead atoms. The zero-order valence-corrected chi connectivity index (χ0v) is 27.7. The lowest BCUT2D eigenvalue weighted by Gasteiger charge is -2.35.